The third-order valence-corrected chi connectivity index (χ3v) is 0. The summed E-state index contributed by atoms with van der Waals surface area (Å²) in [4.78, 5) is 0. The molecule has 0 saturated carbocycles. The van der Waals surface area contributed by atoms with Crippen molar-refractivity contribution in [2.45, 2.75) is 0 Å². The average molecular weight is 170 g/mol. The van der Waals surface area contributed by atoms with Gasteiger partial charge in [0.05, 0.1) is 0 Å². The molecule has 0 aromatic rings. The van der Waals surface area contributed by atoms with Crippen molar-refractivity contribution in [2.24, 2.45) is 0 Å². The Hall–Kier alpha value is 0.329. The van der Waals surface area contributed by atoms with Gasteiger partial charge in [-0.05, 0) is 0 Å². The molecule has 0 unspecified atom stereocenters. The number of hydrogen-bond donors (Lipinski definition) is 0. The number of hydrogen-bond acceptors (Lipinski definition) is 2. The van der Waals surface area contributed by atoms with Crippen LogP contribution in [0.5, 0.6) is 0 Å². The summed E-state index contributed by atoms with van der Waals surface area (Å²) in [5.74, 6) is 0. The Morgan fingerprint density at radius 2 is 1.25 bits per heavy atom. The third-order valence-electron chi connectivity index (χ3n) is 0. The van der Waals surface area contributed by atoms with Crippen LogP contribution >= 0.6 is 0 Å². The molecule has 0 aliphatic heterocycles. The summed E-state index contributed by atoms with van der Waals surface area (Å²) < 4.78 is 17.1. The molecule has 1 radical (unpaired) electrons. The topological polar surface area (TPSA) is 34.1 Å². The van der Waals surface area contributed by atoms with Gasteiger partial charge in [0.2, 0.25) is 0 Å². The monoisotopic (exact) mass is 171 g/mol. The second-order valence-electron chi connectivity index (χ2n) is 0.0833. The number of halogens is 1. The predicted octanol–water partition coefficient (Wildman–Crippen LogP) is -0.198. The van der Waals surface area contributed by atoms with Gasteiger partial charge in [0.15, 0.2) is 0 Å². The molecule has 0 atom stereocenters. The van der Waals surface area contributed by atoms with Gasteiger partial charge in [-0.25, -0.2) is 0 Å². The predicted molar refractivity (Wildman–Crippen MR) is 8.23 cm³/mol. The first-order valence-electron chi connectivity index (χ1n) is 0.408. The molecule has 0 aromatic carbocycles. The van der Waals surface area contributed by atoms with E-state index in [1.54, 1.807) is 0 Å². The van der Waals surface area contributed by atoms with E-state index in [1.165, 1.54) is 0 Å². The van der Waals surface area contributed by atoms with E-state index >= 15 is 0 Å². The van der Waals surface area contributed by atoms with Crippen LogP contribution in [0.15, 0.2) is 0 Å². The third kappa shape index (κ3) is 38.1. The molecule has 4 heavy (non-hydrogen) atoms. The first-order valence-corrected chi connectivity index (χ1v) is 2.74. The molecule has 0 heterocycles. The molecule has 23 valence electrons. The summed E-state index contributed by atoms with van der Waals surface area (Å²) in [5.41, 5.74) is 0. The fourth-order valence-corrected chi connectivity index (χ4v) is 0. The van der Waals surface area contributed by atoms with Crippen LogP contribution in [0.2, 0.25) is 0 Å². The molecule has 0 aliphatic carbocycles. The van der Waals surface area contributed by atoms with Crippen LogP contribution in [0.3, 0.4) is 0 Å². The normalized spacial score (nSPS) is 2.00. The van der Waals surface area contributed by atoms with E-state index in [0.717, 1.165) is 0 Å². The molecule has 0 amide bonds. The van der Waals surface area contributed by atoms with E-state index in [-0.39, 0.29) is 4.70 Å². The SMILES string of the molecule is [F].[O]=[Sn]=[O]. The van der Waals surface area contributed by atoms with Crippen LogP contribution in [-0.4, -0.2) is 21.1 Å². The van der Waals surface area contributed by atoms with Crippen molar-refractivity contribution in [2.75, 3.05) is 0 Å². The minimum atomic E-state index is -2.27. The van der Waals surface area contributed by atoms with Gasteiger partial charge in [-0.15, -0.1) is 0 Å². The first kappa shape index (κ1) is 8.84. The molecule has 0 bridgehead atoms. The van der Waals surface area contributed by atoms with Gasteiger partial charge < -0.3 is 0 Å². The number of rotatable bonds is 0. The van der Waals surface area contributed by atoms with Crippen molar-refractivity contribution in [3.63, 3.8) is 0 Å². The van der Waals surface area contributed by atoms with Gasteiger partial charge in [0.1, 0.15) is 0 Å². The van der Waals surface area contributed by atoms with Crippen LogP contribution in [0.25, 0.3) is 0 Å². The standard InChI is InChI=1S/F.2O.Sn. The summed E-state index contributed by atoms with van der Waals surface area (Å²) in [6, 6.07) is 0. The van der Waals surface area contributed by atoms with Crippen molar-refractivity contribution < 1.29 is 10.9 Å². The van der Waals surface area contributed by atoms with E-state index in [0.29, 0.717) is 0 Å². The van der Waals surface area contributed by atoms with Crippen LogP contribution in [-0.2, 0) is 6.15 Å². The molecule has 2 nitrogen and oxygen atoms in total. The summed E-state index contributed by atoms with van der Waals surface area (Å²) in [6.45, 7) is 0. The summed E-state index contributed by atoms with van der Waals surface area (Å²) in [7, 11) is 0. The van der Waals surface area contributed by atoms with E-state index in [2.05, 4.69) is 0 Å². The second-order valence-corrected chi connectivity index (χ2v) is 0.559. The Kier molecular flexibility index (Phi) is 22.6. The molecule has 0 fully saturated rings. The Morgan fingerprint density at radius 1 is 1.25 bits per heavy atom. The first-order chi connectivity index (χ1) is 1.41. The molecular weight excluding hydrogens is 170 g/mol. The Morgan fingerprint density at radius 3 is 1.25 bits per heavy atom. The van der Waals surface area contributed by atoms with Crippen molar-refractivity contribution >= 4 is 21.1 Å². The Labute approximate surface area is 32.5 Å². The van der Waals surface area contributed by atoms with Gasteiger partial charge in [-0.3, -0.25) is 0 Å². The molecule has 0 aromatic heterocycles. The Balaban J connectivity index is 0. The van der Waals surface area contributed by atoms with Crippen molar-refractivity contribution in [1.29, 1.82) is 0 Å². The molecule has 4 heteroatoms. The zero-order valence-corrected chi connectivity index (χ0v) is 4.55. The van der Waals surface area contributed by atoms with Crippen molar-refractivity contribution in [1.82, 2.24) is 0 Å². The molecular formula is FO2Sn. The Bertz CT molecular complexity index is 27.0. The van der Waals surface area contributed by atoms with E-state index in [9.17, 15) is 0 Å². The van der Waals surface area contributed by atoms with Gasteiger partial charge in [0, 0.05) is 4.70 Å². The van der Waals surface area contributed by atoms with E-state index < -0.39 is 21.1 Å². The minimum absolute atomic E-state index is 0. The second kappa shape index (κ2) is 10.2. The van der Waals surface area contributed by atoms with Crippen LogP contribution in [0.1, 0.15) is 0 Å². The fourth-order valence-electron chi connectivity index (χ4n) is 0. The van der Waals surface area contributed by atoms with Crippen LogP contribution in [0.4, 0.5) is 4.70 Å². The van der Waals surface area contributed by atoms with Gasteiger partial charge in [-0.2, -0.15) is 0 Å². The molecule has 0 spiro atoms. The zero-order valence-electron chi connectivity index (χ0n) is 1.69. The maximum atomic E-state index is 8.54. The van der Waals surface area contributed by atoms with Gasteiger partial charge >= 0.3 is 27.3 Å². The average Bonchev–Trinajstić information content (AvgIpc) is 0.918. The summed E-state index contributed by atoms with van der Waals surface area (Å²) in [6.07, 6.45) is 0. The molecule has 0 N–H and O–H groups in total. The molecule has 0 rings (SSSR count). The van der Waals surface area contributed by atoms with Crippen LogP contribution < -0.4 is 0 Å². The van der Waals surface area contributed by atoms with Crippen molar-refractivity contribution in [3.8, 4) is 0 Å². The van der Waals surface area contributed by atoms with Gasteiger partial charge in [0.25, 0.3) is 0 Å². The molecule has 0 aliphatic rings. The van der Waals surface area contributed by atoms with E-state index in [4.69, 9.17) is 6.15 Å². The maximum absolute atomic E-state index is 8.54. The van der Waals surface area contributed by atoms with Gasteiger partial charge in [-0.1, -0.05) is 0 Å². The quantitative estimate of drug-likeness (QED) is 0.471. The van der Waals surface area contributed by atoms with Crippen molar-refractivity contribution in [3.05, 3.63) is 0 Å². The van der Waals surface area contributed by atoms with E-state index in [1.807, 2.05) is 0 Å². The van der Waals surface area contributed by atoms with Crippen LogP contribution in [0, 0.1) is 0 Å². The summed E-state index contributed by atoms with van der Waals surface area (Å²) in [5, 5.41) is 0. The fraction of sp³-hybridized carbons (Fsp3) is 0. The summed E-state index contributed by atoms with van der Waals surface area (Å²) >= 11 is -2.27. The zero-order chi connectivity index (χ0) is 2.71. The molecule has 0 saturated heterocycles.